The van der Waals surface area contributed by atoms with E-state index in [1.54, 1.807) is 12.1 Å². The van der Waals surface area contributed by atoms with Crippen LogP contribution in [-0.4, -0.2) is 28.0 Å². The second kappa shape index (κ2) is 6.50. The SMILES string of the molecule is CCc1nc(C)c(-c2c(C3CCNCC3)cccc2[N+](=O)[O-])[nH]1. The number of H-pyrrole nitrogens is 1. The number of aromatic amines is 1. The van der Waals surface area contributed by atoms with Crippen molar-refractivity contribution in [1.29, 1.82) is 0 Å². The maximum absolute atomic E-state index is 11.6. The second-order valence-electron chi connectivity index (χ2n) is 6.02. The van der Waals surface area contributed by atoms with Gasteiger partial charge in [-0.15, -0.1) is 0 Å². The standard InChI is InChI=1S/C17H22N4O2/c1-3-15-19-11(2)17(20-15)16-13(12-7-9-18-10-8-12)5-4-6-14(16)21(22)23/h4-6,12,18H,3,7-10H2,1-2H3,(H,19,20). The normalized spacial score (nSPS) is 15.7. The molecule has 0 aliphatic carbocycles. The Morgan fingerprint density at radius 1 is 1.35 bits per heavy atom. The number of piperidine rings is 1. The van der Waals surface area contributed by atoms with Crippen LogP contribution in [0.4, 0.5) is 5.69 Å². The van der Waals surface area contributed by atoms with Crippen LogP contribution < -0.4 is 5.32 Å². The van der Waals surface area contributed by atoms with Gasteiger partial charge >= 0.3 is 0 Å². The Bertz CT molecular complexity index is 717. The Kier molecular flexibility index (Phi) is 4.43. The van der Waals surface area contributed by atoms with Crippen LogP contribution in [0.3, 0.4) is 0 Å². The Balaban J connectivity index is 2.18. The van der Waals surface area contributed by atoms with Crippen molar-refractivity contribution < 1.29 is 4.92 Å². The minimum atomic E-state index is -0.286. The maximum atomic E-state index is 11.6. The summed E-state index contributed by atoms with van der Waals surface area (Å²) >= 11 is 0. The van der Waals surface area contributed by atoms with Crippen LogP contribution in [0.2, 0.25) is 0 Å². The number of nitro benzene ring substituents is 1. The van der Waals surface area contributed by atoms with Gasteiger partial charge in [0.2, 0.25) is 0 Å². The van der Waals surface area contributed by atoms with Crippen molar-refractivity contribution in [3.63, 3.8) is 0 Å². The zero-order chi connectivity index (χ0) is 16.4. The number of aromatic nitrogens is 2. The first-order chi connectivity index (χ1) is 11.1. The van der Waals surface area contributed by atoms with Gasteiger partial charge in [0, 0.05) is 12.5 Å². The topological polar surface area (TPSA) is 83.8 Å². The summed E-state index contributed by atoms with van der Waals surface area (Å²) < 4.78 is 0. The lowest BCUT2D eigenvalue weighted by Gasteiger charge is -2.25. The van der Waals surface area contributed by atoms with Crippen LogP contribution in [0.15, 0.2) is 18.2 Å². The summed E-state index contributed by atoms with van der Waals surface area (Å²) in [6, 6.07) is 5.42. The Labute approximate surface area is 135 Å². The molecule has 3 rings (SSSR count). The number of hydrogen-bond donors (Lipinski definition) is 2. The van der Waals surface area contributed by atoms with Crippen molar-refractivity contribution in [3.05, 3.63) is 45.4 Å². The molecule has 23 heavy (non-hydrogen) atoms. The fraction of sp³-hybridized carbons (Fsp3) is 0.471. The van der Waals surface area contributed by atoms with Crippen molar-refractivity contribution >= 4 is 5.69 Å². The minimum Gasteiger partial charge on any atom is -0.342 e. The molecule has 1 aromatic carbocycles. The van der Waals surface area contributed by atoms with Crippen molar-refractivity contribution in [2.75, 3.05) is 13.1 Å². The molecular formula is C17H22N4O2. The van der Waals surface area contributed by atoms with E-state index in [0.29, 0.717) is 11.5 Å². The molecule has 0 radical (unpaired) electrons. The lowest BCUT2D eigenvalue weighted by Crippen LogP contribution is -2.27. The predicted octanol–water partition coefficient (Wildman–Crippen LogP) is 3.32. The summed E-state index contributed by atoms with van der Waals surface area (Å²) in [5, 5.41) is 14.9. The van der Waals surface area contributed by atoms with E-state index in [0.717, 1.165) is 55.1 Å². The van der Waals surface area contributed by atoms with Gasteiger partial charge in [0.25, 0.3) is 5.69 Å². The van der Waals surface area contributed by atoms with E-state index in [1.165, 1.54) is 0 Å². The molecule has 6 heteroatoms. The molecule has 1 aliphatic heterocycles. The molecule has 0 atom stereocenters. The molecule has 6 nitrogen and oxygen atoms in total. The van der Waals surface area contributed by atoms with Crippen LogP contribution in [0, 0.1) is 17.0 Å². The molecule has 0 unspecified atom stereocenters. The molecule has 0 spiro atoms. The van der Waals surface area contributed by atoms with Gasteiger partial charge in [0.15, 0.2) is 0 Å². The van der Waals surface area contributed by atoms with E-state index in [2.05, 4.69) is 15.3 Å². The number of aryl methyl sites for hydroxylation is 2. The van der Waals surface area contributed by atoms with E-state index in [1.807, 2.05) is 19.9 Å². The lowest BCUT2D eigenvalue weighted by atomic mass is 9.85. The van der Waals surface area contributed by atoms with Gasteiger partial charge < -0.3 is 10.3 Å². The van der Waals surface area contributed by atoms with Gasteiger partial charge in [-0.25, -0.2) is 4.98 Å². The van der Waals surface area contributed by atoms with Gasteiger partial charge in [-0.1, -0.05) is 19.1 Å². The van der Waals surface area contributed by atoms with E-state index in [9.17, 15) is 10.1 Å². The largest absolute Gasteiger partial charge is 0.342 e. The first kappa shape index (κ1) is 15.7. The summed E-state index contributed by atoms with van der Waals surface area (Å²) in [6.07, 6.45) is 2.79. The molecule has 0 amide bonds. The molecule has 0 bridgehead atoms. The van der Waals surface area contributed by atoms with Crippen LogP contribution in [0.1, 0.15) is 42.8 Å². The van der Waals surface area contributed by atoms with Crippen molar-refractivity contribution in [2.45, 2.75) is 39.0 Å². The van der Waals surface area contributed by atoms with Crippen molar-refractivity contribution in [3.8, 4) is 11.3 Å². The van der Waals surface area contributed by atoms with Crippen LogP contribution >= 0.6 is 0 Å². The molecule has 2 aromatic rings. The molecule has 1 aliphatic rings. The molecule has 1 aromatic heterocycles. The molecule has 2 N–H and O–H groups in total. The van der Waals surface area contributed by atoms with E-state index in [-0.39, 0.29) is 10.6 Å². The second-order valence-corrected chi connectivity index (χ2v) is 6.02. The number of nitro groups is 1. The highest BCUT2D eigenvalue weighted by molar-refractivity contribution is 5.76. The highest BCUT2D eigenvalue weighted by Crippen LogP contribution is 2.40. The third-order valence-corrected chi connectivity index (χ3v) is 4.57. The smallest absolute Gasteiger partial charge is 0.279 e. The quantitative estimate of drug-likeness (QED) is 0.670. The summed E-state index contributed by atoms with van der Waals surface area (Å²) in [5.74, 6) is 1.21. The van der Waals surface area contributed by atoms with Crippen LogP contribution in [-0.2, 0) is 6.42 Å². The molecule has 1 saturated heterocycles. The monoisotopic (exact) mass is 314 g/mol. The van der Waals surface area contributed by atoms with Crippen LogP contribution in [0.5, 0.6) is 0 Å². The van der Waals surface area contributed by atoms with Gasteiger partial charge in [-0.05, 0) is 44.3 Å². The zero-order valence-corrected chi connectivity index (χ0v) is 13.6. The maximum Gasteiger partial charge on any atom is 0.279 e. The molecule has 122 valence electrons. The third-order valence-electron chi connectivity index (χ3n) is 4.57. The first-order valence-electron chi connectivity index (χ1n) is 8.15. The highest BCUT2D eigenvalue weighted by atomic mass is 16.6. The number of imidazole rings is 1. The van der Waals surface area contributed by atoms with Gasteiger partial charge in [0.05, 0.1) is 21.9 Å². The fourth-order valence-corrected chi connectivity index (χ4v) is 3.39. The fourth-order valence-electron chi connectivity index (χ4n) is 3.39. The Hall–Kier alpha value is -2.21. The average Bonchev–Trinajstić information content (AvgIpc) is 2.95. The van der Waals surface area contributed by atoms with Crippen LogP contribution in [0.25, 0.3) is 11.3 Å². The summed E-state index contributed by atoms with van der Waals surface area (Å²) in [5.41, 5.74) is 3.56. The van der Waals surface area contributed by atoms with Crippen molar-refractivity contribution in [1.82, 2.24) is 15.3 Å². The van der Waals surface area contributed by atoms with Gasteiger partial charge in [-0.2, -0.15) is 0 Å². The van der Waals surface area contributed by atoms with E-state index in [4.69, 9.17) is 0 Å². The summed E-state index contributed by atoms with van der Waals surface area (Å²) in [6.45, 7) is 5.84. The van der Waals surface area contributed by atoms with Crippen molar-refractivity contribution in [2.24, 2.45) is 0 Å². The average molecular weight is 314 g/mol. The summed E-state index contributed by atoms with van der Waals surface area (Å²) in [4.78, 5) is 19.1. The lowest BCUT2D eigenvalue weighted by molar-refractivity contribution is -0.384. The van der Waals surface area contributed by atoms with Gasteiger partial charge in [0.1, 0.15) is 5.82 Å². The number of rotatable bonds is 4. The van der Waals surface area contributed by atoms with E-state index >= 15 is 0 Å². The minimum absolute atomic E-state index is 0.162. The van der Waals surface area contributed by atoms with E-state index < -0.39 is 0 Å². The molecule has 2 heterocycles. The molecule has 1 fully saturated rings. The Morgan fingerprint density at radius 3 is 2.70 bits per heavy atom. The number of nitrogens with zero attached hydrogens (tertiary/aromatic N) is 2. The third kappa shape index (κ3) is 2.99. The predicted molar refractivity (Wildman–Crippen MR) is 89.6 cm³/mol. The number of nitrogens with one attached hydrogen (secondary N) is 2. The number of hydrogen-bond acceptors (Lipinski definition) is 4. The molecule has 0 saturated carbocycles. The summed E-state index contributed by atoms with van der Waals surface area (Å²) in [7, 11) is 0. The Morgan fingerprint density at radius 2 is 2.09 bits per heavy atom. The first-order valence-corrected chi connectivity index (χ1v) is 8.15. The molecular weight excluding hydrogens is 292 g/mol. The number of benzene rings is 1. The highest BCUT2D eigenvalue weighted by Gasteiger charge is 2.27. The van der Waals surface area contributed by atoms with Gasteiger partial charge in [-0.3, -0.25) is 10.1 Å². The zero-order valence-electron chi connectivity index (χ0n) is 13.6.